The number of imidazole rings is 1. The van der Waals surface area contributed by atoms with E-state index in [0.29, 0.717) is 18.9 Å². The van der Waals surface area contributed by atoms with Crippen LogP contribution in [0.4, 0.5) is 0 Å². The Balaban J connectivity index is 1.50. The molecule has 1 aliphatic heterocycles. The Morgan fingerprint density at radius 2 is 2.24 bits per heavy atom. The minimum Gasteiger partial charge on any atom is -0.486 e. The van der Waals surface area contributed by atoms with Gasteiger partial charge in [-0.2, -0.15) is 0 Å². The van der Waals surface area contributed by atoms with Crippen molar-refractivity contribution in [2.45, 2.75) is 19.6 Å². The fourth-order valence-corrected chi connectivity index (χ4v) is 2.17. The maximum Gasteiger partial charge on any atom is 0.240 e. The molecule has 1 N–H and O–H groups in total. The minimum absolute atomic E-state index is 0.0708. The Kier molecular flexibility index (Phi) is 3.77. The van der Waals surface area contributed by atoms with E-state index in [0.717, 1.165) is 11.6 Å². The molecule has 0 fully saturated rings. The first kappa shape index (κ1) is 13.5. The number of carbonyl (C=O) groups excluding carboxylic acids is 1. The summed E-state index contributed by atoms with van der Waals surface area (Å²) in [6.07, 6.45) is 3.29. The van der Waals surface area contributed by atoms with Gasteiger partial charge in [-0.05, 0) is 19.1 Å². The highest BCUT2D eigenvalue weighted by molar-refractivity contribution is 5.75. The van der Waals surface area contributed by atoms with E-state index in [4.69, 9.17) is 9.47 Å². The van der Waals surface area contributed by atoms with Gasteiger partial charge in [0.05, 0.1) is 6.54 Å². The summed E-state index contributed by atoms with van der Waals surface area (Å²) in [5.74, 6) is 2.21. The molecule has 21 heavy (non-hydrogen) atoms. The number of carbonyl (C=O) groups is 1. The van der Waals surface area contributed by atoms with E-state index in [2.05, 4.69) is 10.3 Å². The topological polar surface area (TPSA) is 65.4 Å². The Morgan fingerprint density at radius 1 is 1.43 bits per heavy atom. The van der Waals surface area contributed by atoms with Crippen LogP contribution in [0.2, 0.25) is 0 Å². The third-order valence-corrected chi connectivity index (χ3v) is 3.33. The molecule has 2 aromatic rings. The van der Waals surface area contributed by atoms with Gasteiger partial charge < -0.3 is 19.4 Å². The molecule has 0 saturated carbocycles. The van der Waals surface area contributed by atoms with Crippen LogP contribution in [-0.4, -0.2) is 34.7 Å². The number of aromatic nitrogens is 2. The standard InChI is InChI=1S/C15H17N3O3/c1-11-16-6-7-18(11)9-15(19)17-8-12-10-20-13-4-2-3-5-14(13)21-12/h2-7,12H,8-10H2,1H3,(H,17,19)/t12-/m0/s1. The van der Waals surface area contributed by atoms with Crippen LogP contribution in [-0.2, 0) is 11.3 Å². The number of benzene rings is 1. The molecule has 0 bridgehead atoms. The average Bonchev–Trinajstić information content (AvgIpc) is 2.90. The fourth-order valence-electron chi connectivity index (χ4n) is 2.17. The van der Waals surface area contributed by atoms with Crippen LogP contribution in [0.3, 0.4) is 0 Å². The Bertz CT molecular complexity index is 639. The minimum atomic E-state index is -0.173. The Morgan fingerprint density at radius 3 is 3.00 bits per heavy atom. The summed E-state index contributed by atoms with van der Waals surface area (Å²) >= 11 is 0. The lowest BCUT2D eigenvalue weighted by Crippen LogP contribution is -2.41. The lowest BCUT2D eigenvalue weighted by atomic mass is 10.2. The van der Waals surface area contributed by atoms with E-state index in [-0.39, 0.29) is 18.6 Å². The smallest absolute Gasteiger partial charge is 0.240 e. The number of aryl methyl sites for hydroxylation is 1. The van der Waals surface area contributed by atoms with E-state index in [9.17, 15) is 4.79 Å². The van der Waals surface area contributed by atoms with Gasteiger partial charge >= 0.3 is 0 Å². The molecular formula is C15H17N3O3. The highest BCUT2D eigenvalue weighted by Crippen LogP contribution is 2.30. The van der Waals surface area contributed by atoms with Crippen molar-refractivity contribution in [1.82, 2.24) is 14.9 Å². The number of hydrogen-bond donors (Lipinski definition) is 1. The third kappa shape index (κ3) is 3.16. The first-order chi connectivity index (χ1) is 10.2. The molecule has 0 saturated heterocycles. The summed E-state index contributed by atoms with van der Waals surface area (Å²) in [6.45, 7) is 2.97. The molecule has 2 heterocycles. The molecule has 0 unspecified atom stereocenters. The van der Waals surface area contributed by atoms with Crippen LogP contribution in [0.5, 0.6) is 11.5 Å². The lowest BCUT2D eigenvalue weighted by molar-refractivity contribution is -0.122. The van der Waals surface area contributed by atoms with E-state index >= 15 is 0 Å². The van der Waals surface area contributed by atoms with Crippen molar-refractivity contribution < 1.29 is 14.3 Å². The molecule has 0 aliphatic carbocycles. The number of ether oxygens (including phenoxy) is 2. The van der Waals surface area contributed by atoms with Gasteiger partial charge in [-0.25, -0.2) is 4.98 Å². The van der Waals surface area contributed by atoms with Gasteiger partial charge in [-0.15, -0.1) is 0 Å². The van der Waals surface area contributed by atoms with Crippen LogP contribution in [0.15, 0.2) is 36.7 Å². The van der Waals surface area contributed by atoms with Crippen LogP contribution in [0.25, 0.3) is 0 Å². The van der Waals surface area contributed by atoms with E-state index < -0.39 is 0 Å². The van der Waals surface area contributed by atoms with Crippen molar-refractivity contribution in [2.75, 3.05) is 13.2 Å². The number of para-hydroxylation sites is 2. The second-order valence-electron chi connectivity index (χ2n) is 4.90. The van der Waals surface area contributed by atoms with Crippen molar-refractivity contribution in [2.24, 2.45) is 0 Å². The summed E-state index contributed by atoms with van der Waals surface area (Å²) in [4.78, 5) is 16.0. The molecule has 0 spiro atoms. The highest BCUT2D eigenvalue weighted by Gasteiger charge is 2.21. The van der Waals surface area contributed by atoms with Gasteiger partial charge in [0.15, 0.2) is 11.5 Å². The van der Waals surface area contributed by atoms with Crippen molar-refractivity contribution >= 4 is 5.91 Å². The highest BCUT2D eigenvalue weighted by atomic mass is 16.6. The van der Waals surface area contributed by atoms with E-state index in [1.165, 1.54) is 0 Å². The number of nitrogens with one attached hydrogen (secondary N) is 1. The SMILES string of the molecule is Cc1nccn1CC(=O)NC[C@H]1COc2ccccc2O1. The van der Waals surface area contributed by atoms with Gasteiger partial charge in [0.1, 0.15) is 25.1 Å². The van der Waals surface area contributed by atoms with Crippen molar-refractivity contribution in [3.63, 3.8) is 0 Å². The summed E-state index contributed by atoms with van der Waals surface area (Å²) in [5.41, 5.74) is 0. The van der Waals surface area contributed by atoms with Crippen LogP contribution < -0.4 is 14.8 Å². The summed E-state index contributed by atoms with van der Waals surface area (Å²) in [7, 11) is 0. The van der Waals surface area contributed by atoms with Crippen molar-refractivity contribution in [3.8, 4) is 11.5 Å². The van der Waals surface area contributed by atoms with Crippen molar-refractivity contribution in [3.05, 3.63) is 42.5 Å². The fraction of sp³-hybridized carbons (Fsp3) is 0.333. The van der Waals surface area contributed by atoms with Gasteiger partial charge in [0.2, 0.25) is 5.91 Å². The van der Waals surface area contributed by atoms with Crippen molar-refractivity contribution in [1.29, 1.82) is 0 Å². The molecule has 1 aromatic carbocycles. The van der Waals surface area contributed by atoms with Gasteiger partial charge in [-0.1, -0.05) is 12.1 Å². The number of rotatable bonds is 4. The summed E-state index contributed by atoms with van der Waals surface area (Å²) in [5, 5.41) is 2.86. The largest absolute Gasteiger partial charge is 0.486 e. The number of nitrogens with zero attached hydrogens (tertiary/aromatic N) is 2. The molecule has 1 atom stereocenters. The monoisotopic (exact) mass is 287 g/mol. The van der Waals surface area contributed by atoms with Gasteiger partial charge in [0, 0.05) is 12.4 Å². The molecular weight excluding hydrogens is 270 g/mol. The molecule has 6 heteroatoms. The predicted molar refractivity (Wildman–Crippen MR) is 76.3 cm³/mol. The van der Waals surface area contributed by atoms with Crippen LogP contribution in [0.1, 0.15) is 5.82 Å². The molecule has 6 nitrogen and oxygen atoms in total. The maximum absolute atomic E-state index is 11.9. The number of amides is 1. The molecule has 1 amide bonds. The van der Waals surface area contributed by atoms with Crippen LogP contribution in [0, 0.1) is 6.92 Å². The van der Waals surface area contributed by atoms with Gasteiger partial charge in [-0.3, -0.25) is 4.79 Å². The molecule has 110 valence electrons. The zero-order valence-corrected chi connectivity index (χ0v) is 11.8. The van der Waals surface area contributed by atoms with Gasteiger partial charge in [0.25, 0.3) is 0 Å². The first-order valence-electron chi connectivity index (χ1n) is 6.85. The van der Waals surface area contributed by atoms with Crippen LogP contribution >= 0.6 is 0 Å². The number of hydrogen-bond acceptors (Lipinski definition) is 4. The maximum atomic E-state index is 11.9. The normalized spacial score (nSPS) is 16.5. The summed E-state index contributed by atoms with van der Waals surface area (Å²) < 4.78 is 13.2. The van der Waals surface area contributed by atoms with E-state index in [1.54, 1.807) is 17.0 Å². The Hall–Kier alpha value is -2.50. The summed E-state index contributed by atoms with van der Waals surface area (Å²) in [6, 6.07) is 7.52. The second-order valence-corrected chi connectivity index (χ2v) is 4.90. The zero-order chi connectivity index (χ0) is 14.7. The third-order valence-electron chi connectivity index (χ3n) is 3.33. The van der Waals surface area contributed by atoms with E-state index in [1.807, 2.05) is 31.2 Å². The quantitative estimate of drug-likeness (QED) is 0.916. The molecule has 1 aliphatic rings. The lowest BCUT2D eigenvalue weighted by Gasteiger charge is -2.26. The first-order valence-corrected chi connectivity index (χ1v) is 6.85. The predicted octanol–water partition coefficient (Wildman–Crippen LogP) is 1.15. The molecule has 0 radical (unpaired) electrons. The average molecular weight is 287 g/mol. The molecule has 3 rings (SSSR count). The number of fused-ring (bicyclic) bond motifs is 1. The zero-order valence-electron chi connectivity index (χ0n) is 11.8. The Labute approximate surface area is 122 Å². The molecule has 1 aromatic heterocycles. The second kappa shape index (κ2) is 5.87.